The average molecular weight is 279 g/mol. The standard InChI is InChI=1S/C13H17N3O4/c1-10(13(17)18)14-6-8-15(9-7-14)11-4-2-3-5-12(11)16(19)20/h2-5,10H,6-9H2,1H3,(H,17,18)/t10-/m0/s1. The Morgan fingerprint density at radius 3 is 2.45 bits per heavy atom. The number of anilines is 1. The van der Waals surface area contributed by atoms with Crippen LogP contribution in [0.5, 0.6) is 0 Å². The fraction of sp³-hybridized carbons (Fsp3) is 0.462. The van der Waals surface area contributed by atoms with Gasteiger partial charge in [0, 0.05) is 32.2 Å². The summed E-state index contributed by atoms with van der Waals surface area (Å²) >= 11 is 0. The summed E-state index contributed by atoms with van der Waals surface area (Å²) in [5.74, 6) is -0.843. The number of carbonyl (C=O) groups is 1. The highest BCUT2D eigenvalue weighted by molar-refractivity contribution is 5.73. The smallest absolute Gasteiger partial charge is 0.320 e. The number of benzene rings is 1. The molecule has 0 unspecified atom stereocenters. The fourth-order valence-corrected chi connectivity index (χ4v) is 2.39. The van der Waals surface area contributed by atoms with Crippen molar-refractivity contribution in [3.63, 3.8) is 0 Å². The average Bonchev–Trinajstić information content (AvgIpc) is 2.46. The Morgan fingerprint density at radius 2 is 1.90 bits per heavy atom. The van der Waals surface area contributed by atoms with Gasteiger partial charge in [-0.3, -0.25) is 19.8 Å². The number of rotatable bonds is 4. The van der Waals surface area contributed by atoms with Crippen LogP contribution >= 0.6 is 0 Å². The molecular weight excluding hydrogens is 262 g/mol. The SMILES string of the molecule is C[C@@H](C(=O)O)N1CCN(c2ccccc2[N+](=O)[O-])CC1. The van der Waals surface area contributed by atoms with Gasteiger partial charge in [-0.15, -0.1) is 0 Å². The Morgan fingerprint density at radius 1 is 1.30 bits per heavy atom. The lowest BCUT2D eigenvalue weighted by atomic mass is 10.2. The van der Waals surface area contributed by atoms with Gasteiger partial charge in [0.05, 0.1) is 4.92 Å². The molecular formula is C13H17N3O4. The number of hydrogen-bond donors (Lipinski definition) is 1. The van der Waals surface area contributed by atoms with Gasteiger partial charge in [-0.25, -0.2) is 0 Å². The number of hydrogen-bond acceptors (Lipinski definition) is 5. The second kappa shape index (κ2) is 5.87. The van der Waals surface area contributed by atoms with Gasteiger partial charge in [0.15, 0.2) is 0 Å². The fourth-order valence-electron chi connectivity index (χ4n) is 2.39. The van der Waals surface area contributed by atoms with E-state index in [9.17, 15) is 14.9 Å². The van der Waals surface area contributed by atoms with Crippen LogP contribution in [-0.4, -0.2) is 53.1 Å². The number of carboxylic acid groups (broad SMARTS) is 1. The van der Waals surface area contributed by atoms with Crippen LogP contribution in [0.4, 0.5) is 11.4 Å². The summed E-state index contributed by atoms with van der Waals surface area (Å²) in [5.41, 5.74) is 0.687. The first-order valence-electron chi connectivity index (χ1n) is 6.46. The van der Waals surface area contributed by atoms with Crippen molar-refractivity contribution in [1.82, 2.24) is 4.90 Å². The second-order valence-electron chi connectivity index (χ2n) is 4.78. The van der Waals surface area contributed by atoms with Crippen molar-refractivity contribution in [3.8, 4) is 0 Å². The minimum absolute atomic E-state index is 0.0900. The lowest BCUT2D eigenvalue weighted by Gasteiger charge is -2.37. The molecule has 0 aromatic heterocycles. The van der Waals surface area contributed by atoms with E-state index < -0.39 is 12.0 Å². The maximum absolute atomic E-state index is 11.0. The van der Waals surface area contributed by atoms with Crippen LogP contribution < -0.4 is 4.90 Å². The van der Waals surface area contributed by atoms with Gasteiger partial charge in [-0.2, -0.15) is 0 Å². The van der Waals surface area contributed by atoms with Gasteiger partial charge in [0.25, 0.3) is 5.69 Å². The van der Waals surface area contributed by atoms with Gasteiger partial charge >= 0.3 is 5.97 Å². The molecule has 1 aliphatic heterocycles. The van der Waals surface area contributed by atoms with Crippen molar-refractivity contribution in [3.05, 3.63) is 34.4 Å². The van der Waals surface area contributed by atoms with E-state index in [4.69, 9.17) is 5.11 Å². The van der Waals surface area contributed by atoms with Crippen molar-refractivity contribution in [2.75, 3.05) is 31.1 Å². The maximum atomic E-state index is 11.0. The minimum Gasteiger partial charge on any atom is -0.480 e. The molecule has 0 amide bonds. The van der Waals surface area contributed by atoms with E-state index in [2.05, 4.69) is 0 Å². The molecule has 0 radical (unpaired) electrons. The molecule has 1 heterocycles. The molecule has 0 bridgehead atoms. The highest BCUT2D eigenvalue weighted by Crippen LogP contribution is 2.28. The van der Waals surface area contributed by atoms with Crippen LogP contribution in [0, 0.1) is 10.1 Å². The number of nitro benzene ring substituents is 1. The molecule has 2 rings (SSSR count). The van der Waals surface area contributed by atoms with E-state index >= 15 is 0 Å². The molecule has 1 atom stereocenters. The summed E-state index contributed by atoms with van der Waals surface area (Å²) in [6.45, 7) is 3.99. The molecule has 7 nitrogen and oxygen atoms in total. The van der Waals surface area contributed by atoms with Crippen molar-refractivity contribution >= 4 is 17.3 Å². The summed E-state index contributed by atoms with van der Waals surface area (Å²) in [6.07, 6.45) is 0. The largest absolute Gasteiger partial charge is 0.480 e. The van der Waals surface area contributed by atoms with Gasteiger partial charge in [0.2, 0.25) is 0 Å². The summed E-state index contributed by atoms with van der Waals surface area (Å²) in [4.78, 5) is 25.4. The number of nitrogens with zero attached hydrogens (tertiary/aromatic N) is 3. The molecule has 1 fully saturated rings. The Labute approximate surface area is 116 Å². The molecule has 0 saturated carbocycles. The van der Waals surface area contributed by atoms with E-state index in [1.165, 1.54) is 6.07 Å². The number of carboxylic acids is 1. The van der Waals surface area contributed by atoms with E-state index in [1.807, 2.05) is 9.80 Å². The zero-order valence-corrected chi connectivity index (χ0v) is 11.2. The zero-order valence-electron chi connectivity index (χ0n) is 11.2. The number of para-hydroxylation sites is 2. The van der Waals surface area contributed by atoms with Gasteiger partial charge < -0.3 is 10.0 Å². The summed E-state index contributed by atoms with van der Waals surface area (Å²) in [6, 6.07) is 6.11. The predicted octanol–water partition coefficient (Wildman–Crippen LogP) is 1.19. The number of piperazine rings is 1. The molecule has 1 N–H and O–H groups in total. The molecule has 7 heteroatoms. The first kappa shape index (κ1) is 14.3. The molecule has 1 saturated heterocycles. The Hall–Kier alpha value is -2.15. The third kappa shape index (κ3) is 2.88. The molecule has 1 aromatic rings. The van der Waals surface area contributed by atoms with E-state index in [-0.39, 0.29) is 10.6 Å². The van der Waals surface area contributed by atoms with Crippen molar-refractivity contribution in [2.24, 2.45) is 0 Å². The Kier molecular flexibility index (Phi) is 4.19. The monoisotopic (exact) mass is 279 g/mol. The second-order valence-corrected chi connectivity index (χ2v) is 4.78. The third-order valence-electron chi connectivity index (χ3n) is 3.64. The van der Waals surface area contributed by atoms with Crippen molar-refractivity contribution in [1.29, 1.82) is 0 Å². The minimum atomic E-state index is -0.843. The lowest BCUT2D eigenvalue weighted by molar-refractivity contribution is -0.384. The molecule has 1 aromatic carbocycles. The molecule has 0 spiro atoms. The van der Waals surface area contributed by atoms with Crippen LogP contribution in [0.25, 0.3) is 0 Å². The van der Waals surface area contributed by atoms with Crippen molar-refractivity contribution < 1.29 is 14.8 Å². The lowest BCUT2D eigenvalue weighted by Crippen LogP contribution is -2.51. The molecule has 108 valence electrons. The molecule has 1 aliphatic rings. The number of aliphatic carboxylic acids is 1. The van der Waals surface area contributed by atoms with Crippen LogP contribution in [0.15, 0.2) is 24.3 Å². The molecule has 0 aliphatic carbocycles. The van der Waals surface area contributed by atoms with Gasteiger partial charge in [-0.05, 0) is 13.0 Å². The summed E-state index contributed by atoms with van der Waals surface area (Å²) < 4.78 is 0. The van der Waals surface area contributed by atoms with Gasteiger partial charge in [-0.1, -0.05) is 12.1 Å². The molecule has 20 heavy (non-hydrogen) atoms. The maximum Gasteiger partial charge on any atom is 0.320 e. The third-order valence-corrected chi connectivity index (χ3v) is 3.64. The number of nitro groups is 1. The first-order chi connectivity index (χ1) is 9.50. The van der Waals surface area contributed by atoms with Crippen LogP contribution in [0.1, 0.15) is 6.92 Å². The van der Waals surface area contributed by atoms with E-state index in [0.29, 0.717) is 31.9 Å². The van der Waals surface area contributed by atoms with E-state index in [0.717, 1.165) is 0 Å². The van der Waals surface area contributed by atoms with Crippen LogP contribution in [0.3, 0.4) is 0 Å². The Bertz CT molecular complexity index is 512. The predicted molar refractivity (Wildman–Crippen MR) is 74.0 cm³/mol. The van der Waals surface area contributed by atoms with Crippen molar-refractivity contribution in [2.45, 2.75) is 13.0 Å². The normalized spacial score (nSPS) is 17.8. The van der Waals surface area contributed by atoms with Crippen LogP contribution in [-0.2, 0) is 4.79 Å². The van der Waals surface area contributed by atoms with Crippen LogP contribution in [0.2, 0.25) is 0 Å². The highest BCUT2D eigenvalue weighted by atomic mass is 16.6. The van der Waals surface area contributed by atoms with E-state index in [1.54, 1.807) is 25.1 Å². The zero-order chi connectivity index (χ0) is 14.7. The summed E-state index contributed by atoms with van der Waals surface area (Å²) in [7, 11) is 0. The highest BCUT2D eigenvalue weighted by Gasteiger charge is 2.27. The topological polar surface area (TPSA) is 86.9 Å². The first-order valence-corrected chi connectivity index (χ1v) is 6.46. The Balaban J connectivity index is 2.08. The quantitative estimate of drug-likeness (QED) is 0.658. The summed E-state index contributed by atoms with van der Waals surface area (Å²) in [5, 5.41) is 20.0. The van der Waals surface area contributed by atoms with Gasteiger partial charge in [0.1, 0.15) is 11.7 Å².